The molecule has 0 unspecified atom stereocenters. The highest BCUT2D eigenvalue weighted by atomic mass is 35.5. The van der Waals surface area contributed by atoms with Gasteiger partial charge in [-0.1, -0.05) is 11.6 Å². The van der Waals surface area contributed by atoms with Crippen molar-refractivity contribution < 1.29 is 4.79 Å². The first-order valence-electron chi connectivity index (χ1n) is 7.38. The molecule has 0 atom stereocenters. The maximum Gasteiger partial charge on any atom is 0.269 e. The fraction of sp³-hybridized carbons (Fsp3) is 0.294. The van der Waals surface area contributed by atoms with Crippen LogP contribution in [-0.4, -0.2) is 43.0 Å². The summed E-state index contributed by atoms with van der Waals surface area (Å²) in [6, 6.07) is 9.19. The van der Waals surface area contributed by atoms with Crippen LogP contribution in [0.3, 0.4) is 0 Å². The molecule has 0 fully saturated rings. The summed E-state index contributed by atoms with van der Waals surface area (Å²) in [5, 5.41) is 6.83. The van der Waals surface area contributed by atoms with E-state index in [0.717, 1.165) is 23.5 Å². The second-order valence-corrected chi connectivity index (χ2v) is 6.01. The van der Waals surface area contributed by atoms with Crippen molar-refractivity contribution in [2.24, 2.45) is 0 Å². The molecule has 122 valence electrons. The number of hydrogen-bond acceptors (Lipinski definition) is 4. The quantitative estimate of drug-likeness (QED) is 0.853. The van der Waals surface area contributed by atoms with E-state index in [1.165, 1.54) is 0 Å². The number of halogens is 1. The molecule has 0 bridgehead atoms. The summed E-state index contributed by atoms with van der Waals surface area (Å²) in [5.41, 5.74) is 3.18. The van der Waals surface area contributed by atoms with E-state index >= 15 is 0 Å². The second kappa shape index (κ2) is 7.94. The normalized spacial score (nSPS) is 10.7. The number of carbonyl (C=O) groups excluding carboxylic acids is 1. The number of aryl methyl sites for hydroxylation is 1. The molecule has 0 saturated carbocycles. The van der Waals surface area contributed by atoms with Gasteiger partial charge >= 0.3 is 0 Å². The number of anilines is 2. The average molecular weight is 333 g/mol. The number of nitrogens with one attached hydrogen (secondary N) is 2. The van der Waals surface area contributed by atoms with E-state index in [0.29, 0.717) is 17.3 Å². The molecule has 6 heteroatoms. The summed E-state index contributed by atoms with van der Waals surface area (Å²) in [6.07, 6.45) is 1.62. The number of likely N-dealkylation sites (N-methyl/N-ethyl adjacent to an activating group) is 1. The standard InChI is InChI=1S/C17H21ClN4O/c1-12-10-13(18)4-5-15(12)21-14-6-7-19-16(11-14)17(23)20-8-9-22(2)3/h4-7,10-11H,8-9H2,1-3H3,(H,19,21)(H,20,23). The Labute approximate surface area is 141 Å². The minimum atomic E-state index is -0.177. The minimum absolute atomic E-state index is 0.177. The number of benzene rings is 1. The van der Waals surface area contributed by atoms with Gasteiger partial charge in [0.15, 0.2) is 0 Å². The van der Waals surface area contributed by atoms with Gasteiger partial charge in [-0.3, -0.25) is 9.78 Å². The molecule has 23 heavy (non-hydrogen) atoms. The maximum atomic E-state index is 12.1. The van der Waals surface area contributed by atoms with E-state index in [-0.39, 0.29) is 5.91 Å². The van der Waals surface area contributed by atoms with Crippen LogP contribution in [0.5, 0.6) is 0 Å². The molecule has 1 heterocycles. The largest absolute Gasteiger partial charge is 0.355 e. The topological polar surface area (TPSA) is 57.3 Å². The first-order valence-corrected chi connectivity index (χ1v) is 7.75. The van der Waals surface area contributed by atoms with Gasteiger partial charge in [-0.25, -0.2) is 0 Å². The molecule has 1 aromatic heterocycles. The first-order chi connectivity index (χ1) is 11.0. The number of nitrogens with zero attached hydrogens (tertiary/aromatic N) is 2. The molecule has 0 aliphatic heterocycles. The second-order valence-electron chi connectivity index (χ2n) is 5.57. The Balaban J connectivity index is 2.06. The molecule has 1 aromatic carbocycles. The Bertz CT molecular complexity index is 688. The van der Waals surface area contributed by atoms with Crippen LogP contribution in [0, 0.1) is 6.92 Å². The van der Waals surface area contributed by atoms with Gasteiger partial charge in [-0.05, 0) is 56.9 Å². The van der Waals surface area contributed by atoms with Crippen LogP contribution < -0.4 is 10.6 Å². The lowest BCUT2D eigenvalue weighted by atomic mass is 10.2. The van der Waals surface area contributed by atoms with Crippen molar-refractivity contribution in [3.8, 4) is 0 Å². The highest BCUT2D eigenvalue weighted by Gasteiger charge is 2.08. The van der Waals surface area contributed by atoms with Crippen molar-refractivity contribution in [1.29, 1.82) is 0 Å². The molecule has 5 nitrogen and oxygen atoms in total. The Hall–Kier alpha value is -2.11. The summed E-state index contributed by atoms with van der Waals surface area (Å²) < 4.78 is 0. The van der Waals surface area contributed by atoms with Crippen molar-refractivity contribution in [1.82, 2.24) is 15.2 Å². The van der Waals surface area contributed by atoms with E-state index in [1.807, 2.05) is 50.2 Å². The Morgan fingerprint density at radius 3 is 2.74 bits per heavy atom. The third-order valence-electron chi connectivity index (χ3n) is 3.30. The third kappa shape index (κ3) is 5.23. The summed E-state index contributed by atoms with van der Waals surface area (Å²) in [7, 11) is 3.92. The molecule has 0 aliphatic rings. The van der Waals surface area contributed by atoms with E-state index < -0.39 is 0 Å². The lowest BCUT2D eigenvalue weighted by Crippen LogP contribution is -2.31. The van der Waals surface area contributed by atoms with Gasteiger partial charge in [0.05, 0.1) is 0 Å². The van der Waals surface area contributed by atoms with Gasteiger partial charge in [0.2, 0.25) is 0 Å². The van der Waals surface area contributed by atoms with Gasteiger partial charge < -0.3 is 15.5 Å². The fourth-order valence-electron chi connectivity index (χ4n) is 2.04. The molecule has 2 aromatic rings. The Morgan fingerprint density at radius 1 is 1.26 bits per heavy atom. The molecule has 2 N–H and O–H groups in total. The highest BCUT2D eigenvalue weighted by Crippen LogP contribution is 2.23. The molecule has 0 radical (unpaired) electrons. The average Bonchev–Trinajstić information content (AvgIpc) is 2.50. The van der Waals surface area contributed by atoms with Gasteiger partial charge in [-0.15, -0.1) is 0 Å². The van der Waals surface area contributed by atoms with Crippen molar-refractivity contribution in [2.75, 3.05) is 32.5 Å². The summed E-state index contributed by atoms with van der Waals surface area (Å²) in [6.45, 7) is 3.35. The first kappa shape index (κ1) is 17.2. The molecule has 0 aliphatic carbocycles. The number of aromatic nitrogens is 1. The van der Waals surface area contributed by atoms with Crippen molar-refractivity contribution in [2.45, 2.75) is 6.92 Å². The van der Waals surface area contributed by atoms with E-state index in [2.05, 4.69) is 15.6 Å². The zero-order valence-electron chi connectivity index (χ0n) is 13.6. The van der Waals surface area contributed by atoms with Crippen LogP contribution in [0.15, 0.2) is 36.5 Å². The fourth-order valence-corrected chi connectivity index (χ4v) is 2.27. The summed E-state index contributed by atoms with van der Waals surface area (Å²) in [5.74, 6) is -0.177. The number of pyridine rings is 1. The lowest BCUT2D eigenvalue weighted by molar-refractivity contribution is 0.0946. The monoisotopic (exact) mass is 332 g/mol. The molecule has 0 saturated heterocycles. The third-order valence-corrected chi connectivity index (χ3v) is 3.54. The molecule has 0 spiro atoms. The predicted octanol–water partition coefficient (Wildman–Crippen LogP) is 3.08. The van der Waals surface area contributed by atoms with Crippen LogP contribution in [0.4, 0.5) is 11.4 Å². The minimum Gasteiger partial charge on any atom is -0.355 e. The maximum absolute atomic E-state index is 12.1. The molecule has 1 amide bonds. The Morgan fingerprint density at radius 2 is 2.04 bits per heavy atom. The molecular formula is C17H21ClN4O. The van der Waals surface area contributed by atoms with Gasteiger partial charge in [0, 0.05) is 35.7 Å². The van der Waals surface area contributed by atoms with E-state index in [9.17, 15) is 4.79 Å². The number of carbonyl (C=O) groups is 1. The van der Waals surface area contributed by atoms with Crippen LogP contribution in [0.2, 0.25) is 5.02 Å². The molecule has 2 rings (SSSR count). The zero-order chi connectivity index (χ0) is 16.8. The number of rotatable bonds is 6. The number of hydrogen-bond donors (Lipinski definition) is 2. The van der Waals surface area contributed by atoms with Gasteiger partial charge in [0.1, 0.15) is 5.69 Å². The lowest BCUT2D eigenvalue weighted by Gasteiger charge is -2.12. The number of amides is 1. The summed E-state index contributed by atoms with van der Waals surface area (Å²) in [4.78, 5) is 18.2. The predicted molar refractivity (Wildman–Crippen MR) is 94.6 cm³/mol. The highest BCUT2D eigenvalue weighted by molar-refractivity contribution is 6.30. The van der Waals surface area contributed by atoms with Gasteiger partial charge in [0.25, 0.3) is 5.91 Å². The van der Waals surface area contributed by atoms with Crippen molar-refractivity contribution in [3.05, 3.63) is 52.8 Å². The van der Waals surface area contributed by atoms with Crippen molar-refractivity contribution >= 4 is 28.9 Å². The van der Waals surface area contributed by atoms with E-state index in [4.69, 9.17) is 11.6 Å². The summed E-state index contributed by atoms with van der Waals surface area (Å²) >= 11 is 5.96. The van der Waals surface area contributed by atoms with Crippen LogP contribution >= 0.6 is 11.6 Å². The van der Waals surface area contributed by atoms with Crippen molar-refractivity contribution in [3.63, 3.8) is 0 Å². The van der Waals surface area contributed by atoms with Crippen LogP contribution in [0.1, 0.15) is 16.1 Å². The van der Waals surface area contributed by atoms with Gasteiger partial charge in [-0.2, -0.15) is 0 Å². The zero-order valence-corrected chi connectivity index (χ0v) is 14.3. The molecular weight excluding hydrogens is 312 g/mol. The van der Waals surface area contributed by atoms with Crippen LogP contribution in [0.25, 0.3) is 0 Å². The smallest absolute Gasteiger partial charge is 0.269 e. The van der Waals surface area contributed by atoms with Crippen LogP contribution in [-0.2, 0) is 0 Å². The van der Waals surface area contributed by atoms with E-state index in [1.54, 1.807) is 12.3 Å². The Kier molecular flexibility index (Phi) is 5.96. The SMILES string of the molecule is Cc1cc(Cl)ccc1Nc1ccnc(C(=O)NCCN(C)C)c1.